The Morgan fingerprint density at radius 3 is 2.56 bits per heavy atom. The quantitative estimate of drug-likeness (QED) is 0.726. The van der Waals surface area contributed by atoms with Gasteiger partial charge in [0.2, 0.25) is 5.82 Å². The molecule has 16 heavy (non-hydrogen) atoms. The predicted molar refractivity (Wildman–Crippen MR) is 49.7 cm³/mol. The Morgan fingerprint density at radius 2 is 2.00 bits per heavy atom. The predicted octanol–water partition coefficient (Wildman–Crippen LogP) is 3.41. The molecule has 0 unspecified atom stereocenters. The number of hydrogen-bond donors (Lipinski definition) is 0. The van der Waals surface area contributed by atoms with Gasteiger partial charge in [-0.2, -0.15) is 13.2 Å². The van der Waals surface area contributed by atoms with Crippen LogP contribution in [0.15, 0.2) is 28.9 Å². The van der Waals surface area contributed by atoms with Crippen molar-refractivity contribution >= 4 is 11.6 Å². The molecular formula is C9H4ClF3N2O. The van der Waals surface area contributed by atoms with Crippen LogP contribution < -0.4 is 0 Å². The molecule has 0 saturated carbocycles. The fourth-order valence-electron chi connectivity index (χ4n) is 1.09. The van der Waals surface area contributed by atoms with Crippen LogP contribution >= 0.6 is 11.6 Å². The lowest BCUT2D eigenvalue weighted by Gasteiger charge is -2.06. The standard InChI is InChI=1S/C9H4ClF3N2O/c10-7-4-5(6-2-1-3-16-6)14-8(15-7)9(11,12)13/h1-4H. The van der Waals surface area contributed by atoms with Crippen LogP contribution in [0.2, 0.25) is 5.15 Å². The van der Waals surface area contributed by atoms with Gasteiger partial charge in [0.05, 0.1) is 6.26 Å². The number of rotatable bonds is 1. The second-order valence-corrected chi connectivity index (χ2v) is 3.26. The molecule has 2 aromatic heterocycles. The monoisotopic (exact) mass is 248 g/mol. The molecule has 0 aliphatic heterocycles. The van der Waals surface area contributed by atoms with E-state index in [1.165, 1.54) is 18.4 Å². The molecular weight excluding hydrogens is 245 g/mol. The van der Waals surface area contributed by atoms with Gasteiger partial charge in [-0.1, -0.05) is 11.6 Å². The molecule has 0 radical (unpaired) electrons. The van der Waals surface area contributed by atoms with E-state index in [1.807, 2.05) is 0 Å². The second-order valence-electron chi connectivity index (χ2n) is 2.87. The van der Waals surface area contributed by atoms with Gasteiger partial charge < -0.3 is 4.42 Å². The molecule has 2 aromatic rings. The van der Waals surface area contributed by atoms with Crippen molar-refractivity contribution in [1.29, 1.82) is 0 Å². The van der Waals surface area contributed by atoms with E-state index >= 15 is 0 Å². The van der Waals surface area contributed by atoms with Crippen molar-refractivity contribution in [3.8, 4) is 11.5 Å². The van der Waals surface area contributed by atoms with Crippen LogP contribution in [0.5, 0.6) is 0 Å². The zero-order valence-electron chi connectivity index (χ0n) is 7.62. The second kappa shape index (κ2) is 3.79. The maximum Gasteiger partial charge on any atom is 0.451 e. The Bertz CT molecular complexity index is 496. The molecule has 0 aliphatic carbocycles. The Morgan fingerprint density at radius 1 is 1.25 bits per heavy atom. The van der Waals surface area contributed by atoms with Crippen LogP contribution in [0.25, 0.3) is 11.5 Å². The molecule has 7 heteroatoms. The van der Waals surface area contributed by atoms with Gasteiger partial charge in [-0.05, 0) is 12.1 Å². The average molecular weight is 249 g/mol. The number of furan rings is 1. The highest BCUT2D eigenvalue weighted by molar-refractivity contribution is 6.29. The van der Waals surface area contributed by atoms with E-state index in [0.717, 1.165) is 0 Å². The third kappa shape index (κ3) is 2.16. The minimum atomic E-state index is -4.63. The van der Waals surface area contributed by atoms with Gasteiger partial charge in [0.25, 0.3) is 0 Å². The first kappa shape index (κ1) is 10.9. The largest absolute Gasteiger partial charge is 0.463 e. The van der Waals surface area contributed by atoms with Crippen LogP contribution in [0.4, 0.5) is 13.2 Å². The summed E-state index contributed by atoms with van der Waals surface area (Å²) in [6.45, 7) is 0. The average Bonchev–Trinajstić information content (AvgIpc) is 2.68. The van der Waals surface area contributed by atoms with Crippen molar-refractivity contribution in [2.24, 2.45) is 0 Å². The first-order valence-electron chi connectivity index (χ1n) is 4.12. The molecule has 0 amide bonds. The summed E-state index contributed by atoms with van der Waals surface area (Å²) in [6.07, 6.45) is -3.30. The summed E-state index contributed by atoms with van der Waals surface area (Å²) in [5.41, 5.74) is -0.00248. The van der Waals surface area contributed by atoms with Gasteiger partial charge in [-0.15, -0.1) is 0 Å². The van der Waals surface area contributed by atoms with Crippen LogP contribution in [0.1, 0.15) is 5.82 Å². The van der Waals surface area contributed by atoms with E-state index in [4.69, 9.17) is 16.0 Å². The maximum absolute atomic E-state index is 12.4. The highest BCUT2D eigenvalue weighted by Gasteiger charge is 2.35. The Kier molecular flexibility index (Phi) is 2.59. The molecule has 84 valence electrons. The number of nitrogens with zero attached hydrogens (tertiary/aromatic N) is 2. The van der Waals surface area contributed by atoms with Crippen LogP contribution in [0.3, 0.4) is 0 Å². The molecule has 0 fully saturated rings. The third-order valence-electron chi connectivity index (χ3n) is 1.72. The zero-order valence-corrected chi connectivity index (χ0v) is 8.38. The topological polar surface area (TPSA) is 38.9 Å². The summed E-state index contributed by atoms with van der Waals surface area (Å²) in [5, 5.41) is -0.284. The summed E-state index contributed by atoms with van der Waals surface area (Å²) in [6, 6.07) is 4.23. The van der Waals surface area contributed by atoms with Gasteiger partial charge in [-0.3, -0.25) is 0 Å². The van der Waals surface area contributed by atoms with Gasteiger partial charge >= 0.3 is 6.18 Å². The zero-order chi connectivity index (χ0) is 11.8. The van der Waals surface area contributed by atoms with E-state index in [9.17, 15) is 13.2 Å². The number of halogens is 4. The lowest BCUT2D eigenvalue weighted by atomic mass is 10.3. The molecule has 0 atom stereocenters. The Hall–Kier alpha value is -1.56. The van der Waals surface area contributed by atoms with Crippen molar-refractivity contribution in [2.45, 2.75) is 6.18 Å². The van der Waals surface area contributed by atoms with Crippen LogP contribution in [-0.4, -0.2) is 9.97 Å². The molecule has 0 bridgehead atoms. The Labute approximate surface area is 92.9 Å². The summed E-state index contributed by atoms with van der Waals surface area (Å²) < 4.78 is 42.1. The molecule has 0 spiro atoms. The van der Waals surface area contributed by atoms with Gasteiger partial charge in [0.1, 0.15) is 10.8 Å². The minimum absolute atomic E-state index is 0.00248. The molecule has 3 nitrogen and oxygen atoms in total. The number of alkyl halides is 3. The minimum Gasteiger partial charge on any atom is -0.463 e. The molecule has 2 heterocycles. The molecule has 2 rings (SSSR count). The maximum atomic E-state index is 12.4. The first-order chi connectivity index (χ1) is 7.47. The fourth-order valence-corrected chi connectivity index (χ4v) is 1.28. The molecule has 0 aliphatic rings. The normalized spacial score (nSPS) is 11.8. The Balaban J connectivity index is 2.53. The van der Waals surface area contributed by atoms with Gasteiger partial charge in [0, 0.05) is 6.07 Å². The van der Waals surface area contributed by atoms with Gasteiger partial charge in [-0.25, -0.2) is 9.97 Å². The fraction of sp³-hybridized carbons (Fsp3) is 0.111. The van der Waals surface area contributed by atoms with Crippen LogP contribution in [0, 0.1) is 0 Å². The summed E-state index contributed by atoms with van der Waals surface area (Å²) in [7, 11) is 0. The van der Waals surface area contributed by atoms with E-state index in [0.29, 0.717) is 0 Å². The molecule has 0 N–H and O–H groups in total. The third-order valence-corrected chi connectivity index (χ3v) is 1.92. The highest BCUT2D eigenvalue weighted by Crippen LogP contribution is 2.29. The number of hydrogen-bond acceptors (Lipinski definition) is 3. The van der Waals surface area contributed by atoms with Crippen molar-refractivity contribution < 1.29 is 17.6 Å². The van der Waals surface area contributed by atoms with Gasteiger partial charge in [0.15, 0.2) is 5.76 Å². The first-order valence-corrected chi connectivity index (χ1v) is 4.50. The summed E-state index contributed by atoms with van der Waals surface area (Å²) in [4.78, 5) is 6.44. The van der Waals surface area contributed by atoms with Crippen molar-refractivity contribution in [2.75, 3.05) is 0 Å². The van der Waals surface area contributed by atoms with Crippen LogP contribution in [-0.2, 0) is 6.18 Å². The smallest absolute Gasteiger partial charge is 0.451 e. The molecule has 0 saturated heterocycles. The lowest BCUT2D eigenvalue weighted by molar-refractivity contribution is -0.144. The number of aromatic nitrogens is 2. The SMILES string of the molecule is FC(F)(F)c1nc(Cl)cc(-c2ccco2)n1. The summed E-state index contributed by atoms with van der Waals surface area (Å²) >= 11 is 5.48. The van der Waals surface area contributed by atoms with Crippen molar-refractivity contribution in [3.63, 3.8) is 0 Å². The lowest BCUT2D eigenvalue weighted by Crippen LogP contribution is -2.11. The molecule has 0 aromatic carbocycles. The van der Waals surface area contributed by atoms with E-state index < -0.39 is 12.0 Å². The van der Waals surface area contributed by atoms with E-state index in [2.05, 4.69) is 9.97 Å². The van der Waals surface area contributed by atoms with E-state index in [-0.39, 0.29) is 16.6 Å². The summed E-state index contributed by atoms with van der Waals surface area (Å²) in [5.74, 6) is -1.08. The highest BCUT2D eigenvalue weighted by atomic mass is 35.5. The van der Waals surface area contributed by atoms with Crippen molar-refractivity contribution in [1.82, 2.24) is 9.97 Å². The van der Waals surface area contributed by atoms with E-state index in [1.54, 1.807) is 6.07 Å². The van der Waals surface area contributed by atoms with Crippen molar-refractivity contribution in [3.05, 3.63) is 35.4 Å².